The summed E-state index contributed by atoms with van der Waals surface area (Å²) in [5, 5.41) is 6.55. The molecule has 28 heavy (non-hydrogen) atoms. The van der Waals surface area contributed by atoms with E-state index < -0.39 is 10.0 Å². The third kappa shape index (κ3) is 6.42. The van der Waals surface area contributed by atoms with Gasteiger partial charge in [-0.05, 0) is 49.3 Å². The second-order valence-corrected chi connectivity index (χ2v) is 9.26. The predicted octanol–water partition coefficient (Wildman–Crippen LogP) is 1.57. The molecule has 2 bridgehead atoms. The van der Waals surface area contributed by atoms with Crippen LogP contribution in [-0.2, 0) is 26.1 Å². The molecule has 1 amide bonds. The van der Waals surface area contributed by atoms with Crippen molar-refractivity contribution in [3.8, 4) is 0 Å². The quantitative estimate of drug-likeness (QED) is 0.516. The monoisotopic (exact) mass is 431 g/mol. The molecule has 3 rings (SSSR count). The molecule has 9 heteroatoms. The fraction of sp³-hybridized carbons (Fsp3) is 0.632. The highest BCUT2D eigenvalue weighted by Gasteiger charge is 2.34. The van der Waals surface area contributed by atoms with Gasteiger partial charge in [-0.25, -0.2) is 13.1 Å². The zero-order valence-electron chi connectivity index (χ0n) is 16.1. The Morgan fingerprint density at radius 3 is 2.43 bits per heavy atom. The van der Waals surface area contributed by atoms with Crippen molar-refractivity contribution in [1.82, 2.24) is 15.4 Å². The van der Waals surface area contributed by atoms with Crippen molar-refractivity contribution in [2.75, 3.05) is 20.3 Å². The maximum absolute atomic E-state index is 12.2. The van der Waals surface area contributed by atoms with Crippen LogP contribution in [0.2, 0.25) is 0 Å². The Kier molecular flexibility index (Phi) is 8.70. The van der Waals surface area contributed by atoms with Gasteiger partial charge < -0.3 is 15.4 Å². The van der Waals surface area contributed by atoms with Gasteiger partial charge in [0.1, 0.15) is 0 Å². The standard InChI is InChI=1S/C19H29N3O4S.ClH/c1-26-9-8-21-27(24,25)18-6-2-14(3-7-18)13-20-19(23)12-15-10-16-4-5-17(11-15)22-16;/h2-3,6-7,15-17,21-22H,4-5,8-13H2,1H3,(H,20,23);1H. The van der Waals surface area contributed by atoms with Gasteiger partial charge in [0.15, 0.2) is 0 Å². The van der Waals surface area contributed by atoms with E-state index >= 15 is 0 Å². The Morgan fingerprint density at radius 2 is 1.82 bits per heavy atom. The van der Waals surface area contributed by atoms with Gasteiger partial charge in [0, 0.05) is 38.7 Å². The molecule has 158 valence electrons. The molecule has 0 aromatic heterocycles. The Hall–Kier alpha value is -1.19. The first-order chi connectivity index (χ1) is 13.0. The average Bonchev–Trinajstić information content (AvgIpc) is 2.99. The van der Waals surface area contributed by atoms with Crippen molar-refractivity contribution in [3.63, 3.8) is 0 Å². The summed E-state index contributed by atoms with van der Waals surface area (Å²) in [5.74, 6) is 0.536. The van der Waals surface area contributed by atoms with E-state index in [1.54, 1.807) is 24.3 Å². The van der Waals surface area contributed by atoms with E-state index in [1.807, 2.05) is 0 Å². The zero-order chi connectivity index (χ0) is 19.3. The van der Waals surface area contributed by atoms with Crippen molar-refractivity contribution in [3.05, 3.63) is 29.8 Å². The van der Waals surface area contributed by atoms with Gasteiger partial charge in [-0.15, -0.1) is 12.4 Å². The fourth-order valence-electron chi connectivity index (χ4n) is 4.02. The summed E-state index contributed by atoms with van der Waals surface area (Å²) in [6.07, 6.45) is 5.22. The van der Waals surface area contributed by atoms with Gasteiger partial charge in [0.05, 0.1) is 11.5 Å². The molecule has 1 aromatic rings. The smallest absolute Gasteiger partial charge is 0.240 e. The third-order valence-corrected chi connectivity index (χ3v) is 6.84. The number of nitrogens with one attached hydrogen (secondary N) is 3. The van der Waals surface area contributed by atoms with Crippen LogP contribution in [0.3, 0.4) is 0 Å². The second-order valence-electron chi connectivity index (χ2n) is 7.49. The van der Waals surface area contributed by atoms with Crippen LogP contribution in [0.25, 0.3) is 0 Å². The summed E-state index contributed by atoms with van der Waals surface area (Å²) in [6, 6.07) is 7.76. The highest BCUT2D eigenvalue weighted by molar-refractivity contribution is 7.89. The van der Waals surface area contributed by atoms with Crippen molar-refractivity contribution in [1.29, 1.82) is 0 Å². The fourth-order valence-corrected chi connectivity index (χ4v) is 5.04. The molecule has 0 saturated carbocycles. The third-order valence-electron chi connectivity index (χ3n) is 5.37. The van der Waals surface area contributed by atoms with Crippen molar-refractivity contribution in [2.24, 2.45) is 5.92 Å². The number of sulfonamides is 1. The van der Waals surface area contributed by atoms with Gasteiger partial charge in [0.25, 0.3) is 0 Å². The molecule has 2 aliphatic rings. The molecule has 2 aliphatic heterocycles. The van der Waals surface area contributed by atoms with Crippen LogP contribution < -0.4 is 15.4 Å². The molecule has 2 fully saturated rings. The van der Waals surface area contributed by atoms with Crippen molar-refractivity contribution >= 4 is 28.3 Å². The molecule has 2 unspecified atom stereocenters. The number of hydrogen-bond donors (Lipinski definition) is 3. The van der Waals surface area contributed by atoms with Gasteiger partial charge in [-0.1, -0.05) is 12.1 Å². The highest BCUT2D eigenvalue weighted by Crippen LogP contribution is 2.32. The van der Waals surface area contributed by atoms with Crippen LogP contribution in [0.1, 0.15) is 37.7 Å². The Morgan fingerprint density at radius 1 is 1.18 bits per heavy atom. The van der Waals surface area contributed by atoms with Crippen LogP contribution in [-0.4, -0.2) is 46.7 Å². The van der Waals surface area contributed by atoms with E-state index in [0.717, 1.165) is 18.4 Å². The van der Waals surface area contributed by atoms with E-state index in [9.17, 15) is 13.2 Å². The molecule has 2 atom stereocenters. The minimum atomic E-state index is -3.53. The summed E-state index contributed by atoms with van der Waals surface area (Å²) in [5.41, 5.74) is 0.879. The Labute approximate surface area is 173 Å². The van der Waals surface area contributed by atoms with Crippen LogP contribution in [0.5, 0.6) is 0 Å². The molecular formula is C19H30ClN3O4S. The summed E-state index contributed by atoms with van der Waals surface area (Å²) in [4.78, 5) is 12.4. The lowest BCUT2D eigenvalue weighted by molar-refractivity contribution is -0.122. The number of carbonyl (C=O) groups is 1. The minimum Gasteiger partial charge on any atom is -0.383 e. The van der Waals surface area contributed by atoms with Gasteiger partial charge in [-0.2, -0.15) is 0 Å². The number of fused-ring (bicyclic) bond motifs is 2. The largest absolute Gasteiger partial charge is 0.383 e. The number of hydrogen-bond acceptors (Lipinski definition) is 5. The number of carbonyl (C=O) groups excluding carboxylic acids is 1. The molecular weight excluding hydrogens is 402 g/mol. The summed E-state index contributed by atoms with van der Waals surface area (Å²) >= 11 is 0. The Bertz CT molecular complexity index is 730. The first-order valence-electron chi connectivity index (χ1n) is 9.56. The van der Waals surface area contributed by atoms with Crippen LogP contribution in [0, 0.1) is 5.92 Å². The van der Waals surface area contributed by atoms with Gasteiger partial charge >= 0.3 is 0 Å². The lowest BCUT2D eigenvalue weighted by atomic mass is 9.89. The lowest BCUT2D eigenvalue weighted by Crippen LogP contribution is -2.39. The molecule has 0 radical (unpaired) electrons. The van der Waals surface area contributed by atoms with Crippen LogP contribution >= 0.6 is 12.4 Å². The lowest BCUT2D eigenvalue weighted by Gasteiger charge is -2.28. The van der Waals surface area contributed by atoms with Crippen LogP contribution in [0.4, 0.5) is 0 Å². The minimum absolute atomic E-state index is 0. The molecule has 3 N–H and O–H groups in total. The van der Waals surface area contributed by atoms with Crippen molar-refractivity contribution < 1.29 is 17.9 Å². The predicted molar refractivity (Wildman–Crippen MR) is 110 cm³/mol. The maximum atomic E-state index is 12.2. The molecule has 7 nitrogen and oxygen atoms in total. The van der Waals surface area contributed by atoms with E-state index in [-0.39, 0.29) is 29.8 Å². The van der Waals surface area contributed by atoms with E-state index in [1.165, 1.54) is 20.0 Å². The number of ether oxygens (including phenoxy) is 1. The number of benzene rings is 1. The van der Waals surface area contributed by atoms with E-state index in [2.05, 4.69) is 15.4 Å². The molecule has 0 spiro atoms. The van der Waals surface area contributed by atoms with Crippen LogP contribution in [0.15, 0.2) is 29.2 Å². The topological polar surface area (TPSA) is 96.5 Å². The average molecular weight is 432 g/mol. The molecule has 0 aliphatic carbocycles. The highest BCUT2D eigenvalue weighted by atomic mass is 35.5. The number of halogens is 1. The second kappa shape index (κ2) is 10.5. The summed E-state index contributed by atoms with van der Waals surface area (Å²) in [6.45, 7) is 0.963. The molecule has 2 saturated heterocycles. The first kappa shape index (κ1) is 23.1. The molecule has 1 aromatic carbocycles. The summed E-state index contributed by atoms with van der Waals surface area (Å²) < 4.78 is 31.6. The number of amides is 1. The normalized spacial score (nSPS) is 23.8. The van der Waals surface area contributed by atoms with E-state index in [0.29, 0.717) is 37.6 Å². The number of piperidine rings is 1. The SMILES string of the molecule is COCCNS(=O)(=O)c1ccc(CNC(=O)CC2CC3CCC(C2)N3)cc1.Cl. The molecule has 2 heterocycles. The van der Waals surface area contributed by atoms with E-state index in [4.69, 9.17) is 4.74 Å². The van der Waals surface area contributed by atoms with Crippen molar-refractivity contribution in [2.45, 2.75) is 55.6 Å². The number of rotatable bonds is 9. The summed E-state index contributed by atoms with van der Waals surface area (Å²) in [7, 11) is -2.01. The maximum Gasteiger partial charge on any atom is 0.240 e. The Balaban J connectivity index is 0.00000280. The zero-order valence-corrected chi connectivity index (χ0v) is 17.8. The van der Waals surface area contributed by atoms with Gasteiger partial charge in [0.2, 0.25) is 15.9 Å². The van der Waals surface area contributed by atoms with Gasteiger partial charge in [-0.3, -0.25) is 4.79 Å². The number of methoxy groups -OCH3 is 1. The first-order valence-corrected chi connectivity index (χ1v) is 11.0.